The average Bonchev–Trinajstić information content (AvgIpc) is 3.17. The lowest BCUT2D eigenvalue weighted by molar-refractivity contribution is 0.126. The molecule has 9 nitrogen and oxygen atoms in total. The molecule has 33 heavy (non-hydrogen) atoms. The Bertz CT molecular complexity index is 950. The third kappa shape index (κ3) is 5.50. The number of aliphatic hydroxyl groups is 1. The molecule has 0 aromatic carbocycles. The van der Waals surface area contributed by atoms with Gasteiger partial charge < -0.3 is 20.6 Å². The minimum absolute atomic E-state index is 0.0385. The second-order valence-corrected chi connectivity index (χ2v) is 8.75. The molecule has 0 spiro atoms. The van der Waals surface area contributed by atoms with Crippen LogP contribution in [0.5, 0.6) is 0 Å². The number of hydrogen-bond donors (Lipinski definition) is 3. The second kappa shape index (κ2) is 10.3. The fourth-order valence-electron chi connectivity index (χ4n) is 4.12. The van der Waals surface area contributed by atoms with Gasteiger partial charge in [-0.15, -0.1) is 0 Å². The van der Waals surface area contributed by atoms with E-state index in [1.807, 2.05) is 12.1 Å². The normalized spacial score (nSPS) is 21.9. The lowest BCUT2D eigenvalue weighted by Crippen LogP contribution is -2.29. The third-order valence-electron chi connectivity index (χ3n) is 6.30. The molecule has 1 saturated heterocycles. The number of likely N-dealkylation sites (N-methyl/N-ethyl adjacent to an activating group) is 1. The number of nitrogens with one attached hydrogen (secondary N) is 2. The molecule has 0 radical (unpaired) electrons. The molecule has 1 saturated carbocycles. The highest BCUT2D eigenvalue weighted by atomic mass is 19.1. The molecule has 1 aliphatic carbocycles. The van der Waals surface area contributed by atoms with Crippen LogP contribution in [0.2, 0.25) is 0 Å². The van der Waals surface area contributed by atoms with Crippen LogP contribution in [0.4, 0.5) is 26.6 Å². The van der Waals surface area contributed by atoms with Gasteiger partial charge in [0.05, 0.1) is 29.2 Å². The molecular formula is C23H32FN7O2. The molecule has 1 aliphatic heterocycles. The van der Waals surface area contributed by atoms with Gasteiger partial charge in [0.15, 0.2) is 0 Å². The molecule has 2 amide bonds. The minimum Gasteiger partial charge on any atom is -0.393 e. The second-order valence-electron chi connectivity index (χ2n) is 8.75. The van der Waals surface area contributed by atoms with E-state index < -0.39 is 6.17 Å². The van der Waals surface area contributed by atoms with Crippen molar-refractivity contribution >= 4 is 23.5 Å². The quantitative estimate of drug-likeness (QED) is 0.558. The molecule has 2 aromatic heterocycles. The van der Waals surface area contributed by atoms with Crippen molar-refractivity contribution < 1.29 is 14.3 Å². The lowest BCUT2D eigenvalue weighted by Gasteiger charge is -2.27. The molecular weight excluding hydrogens is 425 g/mol. The standard InChI is InChI=1S/C23H32FN7O2/c1-3-15(24)12-26-22-27-14-19(21(29-22)28-16-4-7-18(32)8-5-16)20-9-6-17(13-25-20)31-11-10-30(2)23(31)33/h6,9,13-16,18,32H,3-5,7-8,10-12H2,1-2H3,(H2,26,27,28,29)/t15-,16-,18-/m0/s1. The summed E-state index contributed by atoms with van der Waals surface area (Å²) < 4.78 is 13.7. The first-order valence-corrected chi connectivity index (χ1v) is 11.6. The Labute approximate surface area is 193 Å². The minimum atomic E-state index is -0.967. The Morgan fingerprint density at radius 1 is 1.18 bits per heavy atom. The van der Waals surface area contributed by atoms with E-state index in [1.165, 1.54) is 0 Å². The van der Waals surface area contributed by atoms with E-state index >= 15 is 0 Å². The van der Waals surface area contributed by atoms with Crippen LogP contribution in [0.1, 0.15) is 39.0 Å². The Kier molecular flexibility index (Phi) is 7.22. The Morgan fingerprint density at radius 2 is 1.97 bits per heavy atom. The van der Waals surface area contributed by atoms with Crippen LogP contribution in [0.25, 0.3) is 11.3 Å². The Balaban J connectivity index is 1.57. The maximum absolute atomic E-state index is 13.7. The zero-order chi connectivity index (χ0) is 23.4. The topological polar surface area (TPSA) is 107 Å². The number of anilines is 3. The number of rotatable bonds is 8. The fourth-order valence-corrected chi connectivity index (χ4v) is 4.12. The van der Waals surface area contributed by atoms with Crippen molar-refractivity contribution in [2.24, 2.45) is 0 Å². The summed E-state index contributed by atoms with van der Waals surface area (Å²) in [4.78, 5) is 29.2. The van der Waals surface area contributed by atoms with Crippen LogP contribution in [0.3, 0.4) is 0 Å². The molecule has 10 heteroatoms. The van der Waals surface area contributed by atoms with Gasteiger partial charge in [-0.25, -0.2) is 14.2 Å². The van der Waals surface area contributed by atoms with Crippen molar-refractivity contribution in [1.29, 1.82) is 0 Å². The summed E-state index contributed by atoms with van der Waals surface area (Å²) >= 11 is 0. The molecule has 4 rings (SSSR count). The van der Waals surface area contributed by atoms with Crippen molar-refractivity contribution in [1.82, 2.24) is 19.9 Å². The number of pyridine rings is 1. The fraction of sp³-hybridized carbons (Fsp3) is 0.565. The van der Waals surface area contributed by atoms with Crippen LogP contribution in [-0.4, -0.2) is 76.0 Å². The van der Waals surface area contributed by atoms with Gasteiger partial charge in [0.1, 0.15) is 12.0 Å². The van der Waals surface area contributed by atoms with E-state index in [0.29, 0.717) is 37.0 Å². The van der Waals surface area contributed by atoms with Crippen LogP contribution >= 0.6 is 0 Å². The Hall–Kier alpha value is -3.01. The van der Waals surface area contributed by atoms with E-state index in [1.54, 1.807) is 36.2 Å². The van der Waals surface area contributed by atoms with Gasteiger partial charge in [-0.3, -0.25) is 9.88 Å². The van der Waals surface area contributed by atoms with E-state index in [4.69, 9.17) is 0 Å². The predicted octanol–water partition coefficient (Wildman–Crippen LogP) is 3.29. The van der Waals surface area contributed by atoms with E-state index in [9.17, 15) is 14.3 Å². The molecule has 3 N–H and O–H groups in total. The van der Waals surface area contributed by atoms with E-state index in [-0.39, 0.29) is 24.7 Å². The van der Waals surface area contributed by atoms with Gasteiger partial charge in [-0.05, 0) is 44.2 Å². The molecule has 2 fully saturated rings. The maximum atomic E-state index is 13.7. The number of carbonyl (C=O) groups is 1. The zero-order valence-corrected chi connectivity index (χ0v) is 19.2. The van der Waals surface area contributed by atoms with Crippen LogP contribution < -0.4 is 15.5 Å². The number of carbonyl (C=O) groups excluding carboxylic acids is 1. The third-order valence-corrected chi connectivity index (χ3v) is 6.30. The first kappa shape index (κ1) is 23.2. The maximum Gasteiger partial charge on any atom is 0.324 e. The summed E-state index contributed by atoms with van der Waals surface area (Å²) in [6.45, 7) is 3.26. The first-order chi connectivity index (χ1) is 15.9. The van der Waals surface area contributed by atoms with Crippen LogP contribution in [-0.2, 0) is 0 Å². The lowest BCUT2D eigenvalue weighted by atomic mass is 9.93. The SMILES string of the molecule is CC[C@H](F)CNc1ncc(-c2ccc(N3CCN(C)C3=O)cn2)c(N[C@H]2CC[C@H](O)CC2)n1. The summed E-state index contributed by atoms with van der Waals surface area (Å²) in [5.41, 5.74) is 2.16. The number of aliphatic hydroxyl groups excluding tert-OH is 1. The van der Waals surface area contributed by atoms with Gasteiger partial charge in [-0.1, -0.05) is 6.92 Å². The molecule has 2 aliphatic rings. The summed E-state index contributed by atoms with van der Waals surface area (Å²) in [6.07, 6.45) is 5.75. The van der Waals surface area contributed by atoms with Gasteiger partial charge in [-0.2, -0.15) is 4.98 Å². The van der Waals surface area contributed by atoms with Gasteiger partial charge in [0.2, 0.25) is 5.95 Å². The Morgan fingerprint density at radius 3 is 2.61 bits per heavy atom. The molecule has 2 aromatic rings. The monoisotopic (exact) mass is 457 g/mol. The average molecular weight is 458 g/mol. The molecule has 0 unspecified atom stereocenters. The van der Waals surface area contributed by atoms with Gasteiger partial charge in [0, 0.05) is 38.9 Å². The molecule has 3 heterocycles. The summed E-state index contributed by atoms with van der Waals surface area (Å²) in [7, 11) is 1.78. The highest BCUT2D eigenvalue weighted by Gasteiger charge is 2.27. The van der Waals surface area contributed by atoms with Crippen LogP contribution in [0.15, 0.2) is 24.5 Å². The van der Waals surface area contributed by atoms with Crippen LogP contribution in [0, 0.1) is 0 Å². The predicted molar refractivity (Wildman–Crippen MR) is 126 cm³/mol. The summed E-state index contributed by atoms with van der Waals surface area (Å²) in [6, 6.07) is 3.87. The smallest absolute Gasteiger partial charge is 0.324 e. The van der Waals surface area contributed by atoms with Crippen molar-refractivity contribution in [3.05, 3.63) is 24.5 Å². The zero-order valence-electron chi connectivity index (χ0n) is 19.2. The van der Waals surface area contributed by atoms with Gasteiger partial charge >= 0.3 is 6.03 Å². The summed E-state index contributed by atoms with van der Waals surface area (Å²) in [5.74, 6) is 0.980. The number of hydrogen-bond acceptors (Lipinski definition) is 7. The van der Waals surface area contributed by atoms with Crippen molar-refractivity contribution in [2.75, 3.05) is 42.2 Å². The van der Waals surface area contributed by atoms with Crippen molar-refractivity contribution in [3.63, 3.8) is 0 Å². The van der Waals surface area contributed by atoms with E-state index in [2.05, 4.69) is 25.6 Å². The highest BCUT2D eigenvalue weighted by Crippen LogP contribution is 2.30. The summed E-state index contributed by atoms with van der Waals surface area (Å²) in [5, 5.41) is 16.3. The number of halogens is 1. The van der Waals surface area contributed by atoms with Gasteiger partial charge in [0.25, 0.3) is 0 Å². The van der Waals surface area contributed by atoms with E-state index in [0.717, 1.165) is 36.9 Å². The number of nitrogens with zero attached hydrogens (tertiary/aromatic N) is 5. The van der Waals surface area contributed by atoms with Crippen molar-refractivity contribution in [2.45, 2.75) is 57.3 Å². The number of urea groups is 1. The molecule has 1 atom stereocenters. The number of amides is 2. The highest BCUT2D eigenvalue weighted by molar-refractivity contribution is 5.94. The number of alkyl halides is 1. The van der Waals surface area contributed by atoms with Crippen molar-refractivity contribution in [3.8, 4) is 11.3 Å². The number of aromatic nitrogens is 3. The molecule has 0 bridgehead atoms. The largest absolute Gasteiger partial charge is 0.393 e. The first-order valence-electron chi connectivity index (χ1n) is 11.6. The molecule has 178 valence electrons.